The van der Waals surface area contributed by atoms with Gasteiger partial charge in [0.15, 0.2) is 0 Å². The van der Waals surface area contributed by atoms with Gasteiger partial charge in [-0.1, -0.05) is 12.1 Å². The number of aromatic nitrogens is 1. The molecule has 1 fully saturated rings. The van der Waals surface area contributed by atoms with E-state index < -0.39 is 0 Å². The lowest BCUT2D eigenvalue weighted by molar-refractivity contribution is -0.115. The fourth-order valence-corrected chi connectivity index (χ4v) is 3.91. The lowest BCUT2D eigenvalue weighted by atomic mass is 10.1. The normalized spacial score (nSPS) is 15.3. The van der Waals surface area contributed by atoms with Crippen molar-refractivity contribution in [1.82, 2.24) is 9.88 Å². The molecule has 6 nitrogen and oxygen atoms in total. The first kappa shape index (κ1) is 18.2. The van der Waals surface area contributed by atoms with Crippen LogP contribution in [0.5, 0.6) is 11.5 Å². The van der Waals surface area contributed by atoms with Crippen LogP contribution < -0.4 is 14.8 Å². The summed E-state index contributed by atoms with van der Waals surface area (Å²) in [6.45, 7) is 0.629. The molecule has 1 aliphatic rings. The third-order valence-corrected chi connectivity index (χ3v) is 5.42. The summed E-state index contributed by atoms with van der Waals surface area (Å²) in [6, 6.07) is 13.7. The number of hydrogen-bond donors (Lipinski definition) is 1. The summed E-state index contributed by atoms with van der Waals surface area (Å²) in [7, 11) is 3.27. The Morgan fingerprint density at radius 3 is 2.68 bits per heavy atom. The molecule has 28 heavy (non-hydrogen) atoms. The van der Waals surface area contributed by atoms with Crippen LogP contribution in [0.1, 0.15) is 11.1 Å². The van der Waals surface area contributed by atoms with Crippen molar-refractivity contribution < 1.29 is 19.1 Å². The standard InChI is InChI=1S/C21H18N2O4S/c1-26-15-7-6-14(18(11-15)27-2)12-23-9-8-16-13(4-3-5-17(16)23)10-19-20(24)22-21(25)28-19/h3-11H,12H2,1-2H3,(H,22,24,25)/b19-10-. The molecule has 0 radical (unpaired) electrons. The van der Waals surface area contributed by atoms with Crippen molar-refractivity contribution in [3.05, 3.63) is 64.7 Å². The zero-order chi connectivity index (χ0) is 19.7. The first-order valence-corrected chi connectivity index (χ1v) is 9.44. The van der Waals surface area contributed by atoms with E-state index in [1.165, 1.54) is 0 Å². The number of thioether (sulfide) groups is 1. The topological polar surface area (TPSA) is 69.6 Å². The molecule has 3 aromatic rings. The van der Waals surface area contributed by atoms with Crippen LogP contribution in [0.25, 0.3) is 17.0 Å². The number of methoxy groups -OCH3 is 2. The number of rotatable bonds is 5. The second-order valence-electron chi connectivity index (χ2n) is 6.25. The second-order valence-corrected chi connectivity index (χ2v) is 7.27. The molecule has 1 aromatic heterocycles. The molecule has 142 valence electrons. The molecule has 1 aliphatic heterocycles. The van der Waals surface area contributed by atoms with Gasteiger partial charge in [0, 0.05) is 28.7 Å². The van der Waals surface area contributed by atoms with Crippen LogP contribution in [0.2, 0.25) is 0 Å². The molecule has 0 spiro atoms. The van der Waals surface area contributed by atoms with Gasteiger partial charge in [0.1, 0.15) is 11.5 Å². The van der Waals surface area contributed by atoms with Crippen molar-refractivity contribution in [1.29, 1.82) is 0 Å². The van der Waals surface area contributed by atoms with Gasteiger partial charge in [-0.05, 0) is 47.7 Å². The van der Waals surface area contributed by atoms with Crippen LogP contribution in [0.15, 0.2) is 53.6 Å². The maximum absolute atomic E-state index is 11.8. The highest BCUT2D eigenvalue weighted by atomic mass is 32.2. The number of nitrogens with zero attached hydrogens (tertiary/aromatic N) is 1. The molecule has 0 unspecified atom stereocenters. The number of ether oxygens (including phenoxy) is 2. The second kappa shape index (κ2) is 7.44. The molecule has 4 rings (SSSR count). The van der Waals surface area contributed by atoms with Gasteiger partial charge < -0.3 is 14.0 Å². The summed E-state index contributed by atoms with van der Waals surface area (Å²) in [4.78, 5) is 23.6. The van der Waals surface area contributed by atoms with Crippen LogP contribution in [0.3, 0.4) is 0 Å². The molecule has 2 heterocycles. The quantitative estimate of drug-likeness (QED) is 0.662. The predicted molar refractivity (Wildman–Crippen MR) is 110 cm³/mol. The largest absolute Gasteiger partial charge is 0.497 e. The van der Waals surface area contributed by atoms with E-state index in [2.05, 4.69) is 9.88 Å². The van der Waals surface area contributed by atoms with E-state index in [9.17, 15) is 9.59 Å². The van der Waals surface area contributed by atoms with Crippen molar-refractivity contribution in [3.63, 3.8) is 0 Å². The van der Waals surface area contributed by atoms with E-state index in [1.54, 1.807) is 20.3 Å². The van der Waals surface area contributed by atoms with E-state index in [-0.39, 0.29) is 11.1 Å². The molecule has 1 N–H and O–H groups in total. The van der Waals surface area contributed by atoms with E-state index in [4.69, 9.17) is 9.47 Å². The average Bonchev–Trinajstić information content (AvgIpc) is 3.25. The third kappa shape index (κ3) is 3.36. The van der Waals surface area contributed by atoms with Gasteiger partial charge in [0.25, 0.3) is 11.1 Å². The van der Waals surface area contributed by atoms with Gasteiger partial charge in [-0.2, -0.15) is 0 Å². The van der Waals surface area contributed by atoms with Gasteiger partial charge in [-0.3, -0.25) is 14.9 Å². The van der Waals surface area contributed by atoms with Crippen LogP contribution in [0.4, 0.5) is 4.79 Å². The molecule has 7 heteroatoms. The number of fused-ring (bicyclic) bond motifs is 1. The van der Waals surface area contributed by atoms with Crippen molar-refractivity contribution in [2.45, 2.75) is 6.54 Å². The number of amides is 2. The number of hydrogen-bond acceptors (Lipinski definition) is 5. The Hall–Kier alpha value is -3.19. The Balaban J connectivity index is 1.70. The third-order valence-electron chi connectivity index (χ3n) is 4.61. The fraction of sp³-hybridized carbons (Fsp3) is 0.143. The Morgan fingerprint density at radius 1 is 1.11 bits per heavy atom. The number of carbonyl (C=O) groups is 2. The Kier molecular flexibility index (Phi) is 4.83. The number of carbonyl (C=O) groups excluding carboxylic acids is 2. The van der Waals surface area contributed by atoms with Gasteiger partial charge in [-0.25, -0.2) is 0 Å². The number of benzene rings is 2. The monoisotopic (exact) mass is 394 g/mol. The predicted octanol–water partition coefficient (Wildman–Crippen LogP) is 4.03. The molecular weight excluding hydrogens is 376 g/mol. The molecule has 0 atom stereocenters. The van der Waals surface area contributed by atoms with E-state index in [1.807, 2.05) is 48.7 Å². The highest BCUT2D eigenvalue weighted by molar-refractivity contribution is 8.18. The van der Waals surface area contributed by atoms with Crippen molar-refractivity contribution in [3.8, 4) is 11.5 Å². The van der Waals surface area contributed by atoms with Gasteiger partial charge in [-0.15, -0.1) is 0 Å². The summed E-state index contributed by atoms with van der Waals surface area (Å²) in [5.41, 5.74) is 2.95. The van der Waals surface area contributed by atoms with Crippen molar-refractivity contribution in [2.24, 2.45) is 0 Å². The smallest absolute Gasteiger partial charge is 0.290 e. The number of imide groups is 1. The zero-order valence-electron chi connectivity index (χ0n) is 15.4. The van der Waals surface area contributed by atoms with Gasteiger partial charge in [0.05, 0.1) is 25.7 Å². The fourth-order valence-electron chi connectivity index (χ4n) is 3.24. The van der Waals surface area contributed by atoms with Crippen LogP contribution in [0, 0.1) is 0 Å². The summed E-state index contributed by atoms with van der Waals surface area (Å²) in [6.07, 6.45) is 3.76. The minimum absolute atomic E-state index is 0.340. The summed E-state index contributed by atoms with van der Waals surface area (Å²) < 4.78 is 12.9. The lowest BCUT2D eigenvalue weighted by Gasteiger charge is -2.12. The summed E-state index contributed by atoms with van der Waals surface area (Å²) in [5, 5.41) is 2.95. The maximum atomic E-state index is 11.8. The summed E-state index contributed by atoms with van der Waals surface area (Å²) >= 11 is 0.921. The van der Waals surface area contributed by atoms with E-state index in [0.29, 0.717) is 11.4 Å². The minimum atomic E-state index is -0.352. The molecule has 0 saturated carbocycles. The van der Waals surface area contributed by atoms with Crippen molar-refractivity contribution >= 4 is 39.9 Å². The van der Waals surface area contributed by atoms with Crippen LogP contribution >= 0.6 is 11.8 Å². The van der Waals surface area contributed by atoms with E-state index in [0.717, 1.165) is 45.3 Å². The van der Waals surface area contributed by atoms with Crippen LogP contribution in [-0.2, 0) is 11.3 Å². The molecule has 0 aliphatic carbocycles. The van der Waals surface area contributed by atoms with Gasteiger partial charge in [0.2, 0.25) is 0 Å². The zero-order valence-corrected chi connectivity index (χ0v) is 16.2. The Bertz CT molecular complexity index is 1120. The first-order chi connectivity index (χ1) is 13.6. The number of nitrogens with one attached hydrogen (secondary N) is 1. The molecule has 1 saturated heterocycles. The summed E-state index contributed by atoms with van der Waals surface area (Å²) in [5.74, 6) is 1.15. The highest BCUT2D eigenvalue weighted by Crippen LogP contribution is 2.30. The molecule has 2 amide bonds. The molecule has 2 aromatic carbocycles. The average molecular weight is 394 g/mol. The maximum Gasteiger partial charge on any atom is 0.290 e. The van der Waals surface area contributed by atoms with Crippen LogP contribution in [-0.4, -0.2) is 29.9 Å². The van der Waals surface area contributed by atoms with Gasteiger partial charge >= 0.3 is 0 Å². The van der Waals surface area contributed by atoms with Crippen molar-refractivity contribution in [2.75, 3.05) is 14.2 Å². The SMILES string of the molecule is COc1ccc(Cn2ccc3c(/C=C4\SC(=O)NC4=O)cccc32)c(OC)c1. The first-order valence-electron chi connectivity index (χ1n) is 8.62. The Labute approximate surface area is 166 Å². The minimum Gasteiger partial charge on any atom is -0.497 e. The lowest BCUT2D eigenvalue weighted by Crippen LogP contribution is -2.17. The van der Waals surface area contributed by atoms with E-state index >= 15 is 0 Å². The Morgan fingerprint density at radius 2 is 1.96 bits per heavy atom. The molecular formula is C21H18N2O4S. The highest BCUT2D eigenvalue weighted by Gasteiger charge is 2.25. The molecule has 0 bridgehead atoms.